The standard InChI is InChI=1S/C16H14N8O/c1-2-23-14-5-3-11(7-13(14)21-22-23)16(25)20-12-4-6-15(18-8-12)24-10-17-9-19-24/h3-10H,2H2,1H3,(H,20,25). The van der Waals surface area contributed by atoms with E-state index in [-0.39, 0.29) is 5.91 Å². The SMILES string of the molecule is CCn1nnc2cc(C(=O)Nc3ccc(-n4cncn4)nc3)ccc21. The van der Waals surface area contributed by atoms with Gasteiger partial charge in [0.05, 0.1) is 17.4 Å². The van der Waals surface area contributed by atoms with Gasteiger partial charge in [0.2, 0.25) is 0 Å². The van der Waals surface area contributed by atoms with Crippen molar-refractivity contribution >= 4 is 22.6 Å². The molecule has 0 spiro atoms. The lowest BCUT2D eigenvalue weighted by Crippen LogP contribution is -2.12. The Morgan fingerprint density at radius 3 is 2.88 bits per heavy atom. The summed E-state index contributed by atoms with van der Waals surface area (Å²) < 4.78 is 3.32. The number of nitrogens with zero attached hydrogens (tertiary/aromatic N) is 7. The molecule has 1 amide bonds. The van der Waals surface area contributed by atoms with Gasteiger partial charge < -0.3 is 5.32 Å². The Balaban J connectivity index is 1.53. The number of carbonyl (C=O) groups is 1. The average Bonchev–Trinajstić information content (AvgIpc) is 3.31. The fraction of sp³-hybridized carbons (Fsp3) is 0.125. The monoisotopic (exact) mass is 334 g/mol. The fourth-order valence-corrected chi connectivity index (χ4v) is 2.47. The highest BCUT2D eigenvalue weighted by Gasteiger charge is 2.10. The van der Waals surface area contributed by atoms with Crippen molar-refractivity contribution in [2.45, 2.75) is 13.5 Å². The zero-order valence-electron chi connectivity index (χ0n) is 13.4. The first-order chi connectivity index (χ1) is 12.2. The predicted molar refractivity (Wildman–Crippen MR) is 90.3 cm³/mol. The second-order valence-electron chi connectivity index (χ2n) is 5.31. The minimum atomic E-state index is -0.233. The van der Waals surface area contributed by atoms with E-state index in [1.54, 1.807) is 41.5 Å². The summed E-state index contributed by atoms with van der Waals surface area (Å²) in [6.07, 6.45) is 4.56. The van der Waals surface area contributed by atoms with E-state index < -0.39 is 0 Å². The number of aryl methyl sites for hydroxylation is 1. The predicted octanol–water partition coefficient (Wildman–Crippen LogP) is 1.68. The van der Waals surface area contributed by atoms with Crippen LogP contribution in [0.5, 0.6) is 0 Å². The first-order valence-corrected chi connectivity index (χ1v) is 7.70. The van der Waals surface area contributed by atoms with Crippen LogP contribution in [0.15, 0.2) is 49.2 Å². The van der Waals surface area contributed by atoms with Crippen LogP contribution in [0, 0.1) is 0 Å². The van der Waals surface area contributed by atoms with Crippen molar-refractivity contribution in [1.29, 1.82) is 0 Å². The number of nitrogens with one attached hydrogen (secondary N) is 1. The minimum absolute atomic E-state index is 0.233. The number of hydrogen-bond donors (Lipinski definition) is 1. The molecule has 1 aromatic carbocycles. The topological polar surface area (TPSA) is 103 Å². The number of amides is 1. The molecule has 0 aliphatic rings. The molecule has 0 unspecified atom stereocenters. The van der Waals surface area contributed by atoms with Gasteiger partial charge in [-0.2, -0.15) is 5.10 Å². The Morgan fingerprint density at radius 1 is 1.24 bits per heavy atom. The lowest BCUT2D eigenvalue weighted by molar-refractivity contribution is 0.102. The Morgan fingerprint density at radius 2 is 2.16 bits per heavy atom. The maximum atomic E-state index is 12.4. The van der Waals surface area contributed by atoms with Crippen molar-refractivity contribution in [3.05, 3.63) is 54.7 Å². The number of aromatic nitrogens is 7. The third-order valence-corrected chi connectivity index (χ3v) is 3.73. The summed E-state index contributed by atoms with van der Waals surface area (Å²) in [5.74, 6) is 0.386. The lowest BCUT2D eigenvalue weighted by Gasteiger charge is -2.06. The Hall–Kier alpha value is -3.62. The van der Waals surface area contributed by atoms with Gasteiger partial charge in [0.25, 0.3) is 5.91 Å². The largest absolute Gasteiger partial charge is 0.321 e. The third-order valence-electron chi connectivity index (χ3n) is 3.73. The first kappa shape index (κ1) is 14.9. The zero-order valence-corrected chi connectivity index (χ0v) is 13.4. The van der Waals surface area contributed by atoms with Gasteiger partial charge in [-0.05, 0) is 37.3 Å². The Labute approximate surface area is 142 Å². The van der Waals surface area contributed by atoms with Crippen LogP contribution in [-0.2, 0) is 6.54 Å². The highest BCUT2D eigenvalue weighted by Crippen LogP contribution is 2.15. The molecule has 3 heterocycles. The van der Waals surface area contributed by atoms with Crippen LogP contribution in [0.4, 0.5) is 5.69 Å². The Bertz CT molecular complexity index is 1020. The van der Waals surface area contributed by atoms with Crippen molar-refractivity contribution in [2.24, 2.45) is 0 Å². The average molecular weight is 334 g/mol. The molecule has 0 aliphatic heterocycles. The molecule has 0 saturated carbocycles. The van der Waals surface area contributed by atoms with Gasteiger partial charge in [-0.3, -0.25) is 4.79 Å². The summed E-state index contributed by atoms with van der Waals surface area (Å²) in [5.41, 5.74) is 2.69. The number of anilines is 1. The van der Waals surface area contributed by atoms with E-state index in [1.807, 2.05) is 13.0 Å². The molecule has 0 bridgehead atoms. The van der Waals surface area contributed by atoms with Crippen molar-refractivity contribution in [3.8, 4) is 5.82 Å². The van der Waals surface area contributed by atoms with E-state index in [2.05, 4.69) is 30.7 Å². The van der Waals surface area contributed by atoms with E-state index in [1.165, 1.54) is 11.0 Å². The molecular formula is C16H14N8O. The van der Waals surface area contributed by atoms with Gasteiger partial charge in [0.15, 0.2) is 5.82 Å². The van der Waals surface area contributed by atoms with Crippen molar-refractivity contribution < 1.29 is 4.79 Å². The molecule has 3 aromatic heterocycles. The highest BCUT2D eigenvalue weighted by molar-refractivity contribution is 6.05. The molecule has 4 aromatic rings. The second-order valence-corrected chi connectivity index (χ2v) is 5.31. The fourth-order valence-electron chi connectivity index (χ4n) is 2.47. The minimum Gasteiger partial charge on any atom is -0.321 e. The van der Waals surface area contributed by atoms with Crippen LogP contribution in [0.25, 0.3) is 16.9 Å². The van der Waals surface area contributed by atoms with Gasteiger partial charge in [0, 0.05) is 12.1 Å². The Kier molecular flexibility index (Phi) is 3.65. The molecular weight excluding hydrogens is 320 g/mol. The van der Waals surface area contributed by atoms with Crippen LogP contribution >= 0.6 is 0 Å². The normalized spacial score (nSPS) is 10.9. The number of rotatable bonds is 4. The van der Waals surface area contributed by atoms with Crippen molar-refractivity contribution in [2.75, 3.05) is 5.32 Å². The summed E-state index contributed by atoms with van der Waals surface area (Å²) in [6.45, 7) is 2.72. The van der Waals surface area contributed by atoms with Crippen molar-refractivity contribution in [3.63, 3.8) is 0 Å². The molecule has 0 aliphatic carbocycles. The van der Waals surface area contributed by atoms with E-state index in [4.69, 9.17) is 0 Å². The molecule has 0 atom stereocenters. The van der Waals surface area contributed by atoms with Gasteiger partial charge in [-0.15, -0.1) is 5.10 Å². The number of benzene rings is 1. The summed E-state index contributed by atoms with van der Waals surface area (Å²) in [7, 11) is 0. The van der Waals surface area contributed by atoms with Crippen LogP contribution in [0.2, 0.25) is 0 Å². The molecule has 4 rings (SSSR count). The molecule has 1 N–H and O–H groups in total. The summed E-state index contributed by atoms with van der Waals surface area (Å²) in [6, 6.07) is 8.83. The molecule has 25 heavy (non-hydrogen) atoms. The lowest BCUT2D eigenvalue weighted by atomic mass is 10.2. The summed E-state index contributed by atoms with van der Waals surface area (Å²) in [5, 5.41) is 14.9. The van der Waals surface area contributed by atoms with Crippen LogP contribution in [0.3, 0.4) is 0 Å². The molecule has 9 nitrogen and oxygen atoms in total. The van der Waals surface area contributed by atoms with Crippen LogP contribution < -0.4 is 5.32 Å². The quantitative estimate of drug-likeness (QED) is 0.609. The van der Waals surface area contributed by atoms with Crippen LogP contribution in [0.1, 0.15) is 17.3 Å². The van der Waals surface area contributed by atoms with Gasteiger partial charge >= 0.3 is 0 Å². The zero-order chi connectivity index (χ0) is 17.2. The first-order valence-electron chi connectivity index (χ1n) is 7.70. The molecule has 9 heteroatoms. The van der Waals surface area contributed by atoms with Crippen LogP contribution in [-0.4, -0.2) is 40.6 Å². The smallest absolute Gasteiger partial charge is 0.255 e. The maximum absolute atomic E-state index is 12.4. The van der Waals surface area contributed by atoms with Gasteiger partial charge in [-0.25, -0.2) is 19.3 Å². The van der Waals surface area contributed by atoms with E-state index >= 15 is 0 Å². The number of carbonyl (C=O) groups excluding carboxylic acids is 1. The highest BCUT2D eigenvalue weighted by atomic mass is 16.1. The van der Waals surface area contributed by atoms with Gasteiger partial charge in [0.1, 0.15) is 18.2 Å². The maximum Gasteiger partial charge on any atom is 0.255 e. The van der Waals surface area contributed by atoms with E-state index in [9.17, 15) is 4.79 Å². The van der Waals surface area contributed by atoms with Gasteiger partial charge in [-0.1, -0.05) is 5.21 Å². The summed E-state index contributed by atoms with van der Waals surface area (Å²) >= 11 is 0. The molecule has 0 fully saturated rings. The molecule has 124 valence electrons. The molecule has 0 saturated heterocycles. The van der Waals surface area contributed by atoms with E-state index in [0.29, 0.717) is 22.6 Å². The van der Waals surface area contributed by atoms with Crippen molar-refractivity contribution in [1.82, 2.24) is 34.7 Å². The molecule has 0 radical (unpaired) electrons. The third kappa shape index (κ3) is 2.82. The summed E-state index contributed by atoms with van der Waals surface area (Å²) in [4.78, 5) is 20.5. The van der Waals surface area contributed by atoms with E-state index in [0.717, 1.165) is 12.1 Å². The second kappa shape index (κ2) is 6.11. The number of pyridine rings is 1. The number of fused-ring (bicyclic) bond motifs is 1. The number of hydrogen-bond acceptors (Lipinski definition) is 6.